The number of carbonyl (C=O) groups is 1. The molecule has 1 aliphatic heterocycles. The minimum absolute atomic E-state index is 0.281. The van der Waals surface area contributed by atoms with Gasteiger partial charge >= 0.3 is 5.97 Å². The average molecular weight is 342 g/mol. The number of rotatable bonds is 4. The molecule has 1 saturated heterocycles. The zero-order valence-electron chi connectivity index (χ0n) is 13.8. The van der Waals surface area contributed by atoms with Gasteiger partial charge in [0.25, 0.3) is 0 Å². The fourth-order valence-electron chi connectivity index (χ4n) is 2.80. The second-order valence-corrected chi connectivity index (χ2v) is 5.58. The van der Waals surface area contributed by atoms with Crippen molar-refractivity contribution in [2.45, 2.75) is 6.92 Å². The maximum absolute atomic E-state index is 12.3. The van der Waals surface area contributed by atoms with Crippen LogP contribution >= 0.6 is 0 Å². The maximum Gasteiger partial charge on any atom is 0.343 e. The van der Waals surface area contributed by atoms with Crippen molar-refractivity contribution >= 4 is 17.6 Å². The van der Waals surface area contributed by atoms with Gasteiger partial charge in [0.2, 0.25) is 11.8 Å². The van der Waals surface area contributed by atoms with Crippen molar-refractivity contribution in [2.75, 3.05) is 37.7 Å². The Hall–Kier alpha value is -2.94. The molecule has 3 aromatic rings. The van der Waals surface area contributed by atoms with E-state index in [-0.39, 0.29) is 12.2 Å². The van der Waals surface area contributed by atoms with E-state index in [0.717, 1.165) is 26.2 Å². The van der Waals surface area contributed by atoms with E-state index in [1.165, 1.54) is 6.20 Å². The molecule has 1 fully saturated rings. The highest BCUT2D eigenvalue weighted by Crippen LogP contribution is 2.22. The van der Waals surface area contributed by atoms with Crippen LogP contribution in [0.5, 0.6) is 0 Å². The van der Waals surface area contributed by atoms with Crippen LogP contribution in [0.4, 0.5) is 5.95 Å². The monoisotopic (exact) mass is 342 g/mol. The first-order valence-electron chi connectivity index (χ1n) is 8.20. The molecule has 130 valence electrons. The number of furan rings is 1. The SMILES string of the molecule is CCOC(=O)c1cnc(N2CCNCC2)n2nc(-c3ccco3)nc12. The minimum Gasteiger partial charge on any atom is -0.462 e. The van der Waals surface area contributed by atoms with Crippen LogP contribution in [0.25, 0.3) is 17.2 Å². The van der Waals surface area contributed by atoms with E-state index < -0.39 is 5.97 Å². The third kappa shape index (κ3) is 2.82. The smallest absolute Gasteiger partial charge is 0.343 e. The first-order chi connectivity index (χ1) is 12.3. The molecule has 9 heteroatoms. The second kappa shape index (κ2) is 6.52. The number of hydrogen-bond acceptors (Lipinski definition) is 8. The van der Waals surface area contributed by atoms with Crippen LogP contribution in [0.3, 0.4) is 0 Å². The Labute approximate surface area is 143 Å². The summed E-state index contributed by atoms with van der Waals surface area (Å²) in [5, 5.41) is 7.82. The van der Waals surface area contributed by atoms with E-state index in [4.69, 9.17) is 9.15 Å². The van der Waals surface area contributed by atoms with E-state index in [9.17, 15) is 4.79 Å². The van der Waals surface area contributed by atoms with Gasteiger partial charge in [-0.3, -0.25) is 0 Å². The topological polar surface area (TPSA) is 97.8 Å². The summed E-state index contributed by atoms with van der Waals surface area (Å²) in [6.07, 6.45) is 3.06. The maximum atomic E-state index is 12.3. The quantitative estimate of drug-likeness (QED) is 0.701. The van der Waals surface area contributed by atoms with E-state index in [1.54, 1.807) is 29.8 Å². The number of esters is 1. The highest BCUT2D eigenvalue weighted by molar-refractivity contribution is 5.96. The van der Waals surface area contributed by atoms with E-state index in [1.807, 2.05) is 0 Å². The van der Waals surface area contributed by atoms with Gasteiger partial charge in [-0.1, -0.05) is 0 Å². The molecule has 3 aromatic heterocycles. The lowest BCUT2D eigenvalue weighted by atomic mass is 10.3. The van der Waals surface area contributed by atoms with Gasteiger partial charge in [0.1, 0.15) is 5.56 Å². The normalized spacial score (nSPS) is 14.8. The zero-order valence-corrected chi connectivity index (χ0v) is 13.8. The number of carbonyl (C=O) groups excluding carboxylic acids is 1. The number of piperazine rings is 1. The molecule has 0 unspecified atom stereocenters. The van der Waals surface area contributed by atoms with Gasteiger partial charge in [-0.25, -0.2) is 14.8 Å². The van der Waals surface area contributed by atoms with E-state index >= 15 is 0 Å². The van der Waals surface area contributed by atoms with Gasteiger partial charge in [-0.15, -0.1) is 5.10 Å². The Morgan fingerprint density at radius 1 is 1.40 bits per heavy atom. The average Bonchev–Trinajstić information content (AvgIpc) is 3.31. The van der Waals surface area contributed by atoms with Crippen LogP contribution in [0, 0.1) is 0 Å². The summed E-state index contributed by atoms with van der Waals surface area (Å²) >= 11 is 0. The zero-order chi connectivity index (χ0) is 17.2. The molecule has 4 rings (SSSR count). The second-order valence-electron chi connectivity index (χ2n) is 5.58. The van der Waals surface area contributed by atoms with Crippen LogP contribution < -0.4 is 10.2 Å². The summed E-state index contributed by atoms with van der Waals surface area (Å²) in [5.41, 5.74) is 0.694. The number of nitrogens with zero attached hydrogens (tertiary/aromatic N) is 5. The summed E-state index contributed by atoms with van der Waals surface area (Å²) in [7, 11) is 0. The molecule has 1 N–H and O–H groups in total. The number of ether oxygens (including phenoxy) is 1. The molecule has 25 heavy (non-hydrogen) atoms. The van der Waals surface area contributed by atoms with Gasteiger partial charge in [0.15, 0.2) is 11.4 Å². The molecular weight excluding hydrogens is 324 g/mol. The van der Waals surface area contributed by atoms with E-state index in [2.05, 4.69) is 25.3 Å². The Kier molecular flexibility index (Phi) is 4.06. The predicted molar refractivity (Wildman–Crippen MR) is 89.5 cm³/mol. The van der Waals surface area contributed by atoms with Crippen molar-refractivity contribution < 1.29 is 13.9 Å². The van der Waals surface area contributed by atoms with Crippen molar-refractivity contribution in [2.24, 2.45) is 0 Å². The lowest BCUT2D eigenvalue weighted by Gasteiger charge is -2.28. The molecule has 9 nitrogen and oxygen atoms in total. The van der Waals surface area contributed by atoms with Crippen LogP contribution in [0.1, 0.15) is 17.3 Å². The Balaban J connectivity index is 1.86. The van der Waals surface area contributed by atoms with Crippen LogP contribution in [0.15, 0.2) is 29.0 Å². The molecule has 0 bridgehead atoms. The van der Waals surface area contributed by atoms with Gasteiger partial charge in [-0.2, -0.15) is 4.52 Å². The van der Waals surface area contributed by atoms with Gasteiger partial charge in [0, 0.05) is 32.4 Å². The van der Waals surface area contributed by atoms with Crippen LogP contribution in [-0.4, -0.2) is 58.3 Å². The molecule has 0 atom stereocenters. The summed E-state index contributed by atoms with van der Waals surface area (Å²) < 4.78 is 12.1. The molecule has 0 aromatic carbocycles. The van der Waals surface area contributed by atoms with Crippen molar-refractivity contribution in [3.63, 3.8) is 0 Å². The number of fused-ring (bicyclic) bond motifs is 1. The summed E-state index contributed by atoms with van der Waals surface area (Å²) in [6.45, 7) is 5.37. The van der Waals surface area contributed by atoms with Crippen molar-refractivity contribution in [1.29, 1.82) is 0 Å². The summed E-state index contributed by atoms with van der Waals surface area (Å²) in [5.74, 6) is 1.12. The molecule has 4 heterocycles. The molecule has 0 radical (unpaired) electrons. The Morgan fingerprint density at radius 2 is 2.24 bits per heavy atom. The summed E-state index contributed by atoms with van der Waals surface area (Å²) in [4.78, 5) is 23.3. The van der Waals surface area contributed by atoms with E-state index in [0.29, 0.717) is 23.2 Å². The molecule has 1 aliphatic rings. The first kappa shape index (κ1) is 15.6. The van der Waals surface area contributed by atoms with Crippen molar-refractivity contribution in [3.05, 3.63) is 30.2 Å². The Bertz CT molecular complexity index is 883. The first-order valence-corrected chi connectivity index (χ1v) is 8.20. The van der Waals surface area contributed by atoms with Crippen molar-refractivity contribution in [3.8, 4) is 11.6 Å². The fraction of sp³-hybridized carbons (Fsp3) is 0.375. The predicted octanol–water partition coefficient (Wildman–Crippen LogP) is 0.971. The minimum atomic E-state index is -0.467. The largest absolute Gasteiger partial charge is 0.462 e. The molecule has 0 aliphatic carbocycles. The van der Waals surface area contributed by atoms with Gasteiger partial charge in [0.05, 0.1) is 12.9 Å². The third-order valence-electron chi connectivity index (χ3n) is 3.98. The number of anilines is 1. The highest BCUT2D eigenvalue weighted by atomic mass is 16.5. The molecule has 0 saturated carbocycles. The molecule has 0 amide bonds. The van der Waals surface area contributed by atoms with Gasteiger partial charge < -0.3 is 19.4 Å². The van der Waals surface area contributed by atoms with Crippen molar-refractivity contribution in [1.82, 2.24) is 24.9 Å². The fourth-order valence-corrected chi connectivity index (χ4v) is 2.80. The van der Waals surface area contributed by atoms with Crippen LogP contribution in [-0.2, 0) is 4.74 Å². The number of aromatic nitrogens is 4. The number of nitrogens with one attached hydrogen (secondary N) is 1. The van der Waals surface area contributed by atoms with Gasteiger partial charge in [-0.05, 0) is 19.1 Å². The lowest BCUT2D eigenvalue weighted by Crippen LogP contribution is -2.44. The Morgan fingerprint density at radius 3 is 2.96 bits per heavy atom. The highest BCUT2D eigenvalue weighted by Gasteiger charge is 2.23. The lowest BCUT2D eigenvalue weighted by molar-refractivity contribution is 0.0527. The molecular formula is C16H18N6O3. The standard InChI is InChI=1S/C16H18N6O3/c1-2-24-15(23)11-10-18-16(21-7-5-17-6-8-21)22-14(11)19-13(20-22)12-4-3-9-25-12/h3-4,9-10,17H,2,5-8H2,1H3. The number of hydrogen-bond donors (Lipinski definition) is 1. The molecule has 0 spiro atoms. The summed E-state index contributed by atoms with van der Waals surface area (Å²) in [6, 6.07) is 3.54. The third-order valence-corrected chi connectivity index (χ3v) is 3.98. The van der Waals surface area contributed by atoms with Crippen LogP contribution in [0.2, 0.25) is 0 Å².